The summed E-state index contributed by atoms with van der Waals surface area (Å²) in [5.41, 5.74) is 1.20. The normalized spacial score (nSPS) is 32.5. The van der Waals surface area contributed by atoms with Crippen molar-refractivity contribution >= 4 is 11.6 Å². The monoisotopic (exact) mass is 563 g/mol. The van der Waals surface area contributed by atoms with Crippen molar-refractivity contribution in [3.05, 3.63) is 64.2 Å². The lowest BCUT2D eigenvalue weighted by molar-refractivity contribution is -0.302. The smallest absolute Gasteiger partial charge is 0.144 e. The summed E-state index contributed by atoms with van der Waals surface area (Å²) in [7, 11) is 0. The van der Waals surface area contributed by atoms with Crippen molar-refractivity contribution in [3.8, 4) is 5.75 Å². The van der Waals surface area contributed by atoms with Gasteiger partial charge in [-0.25, -0.2) is 0 Å². The van der Waals surface area contributed by atoms with Crippen molar-refractivity contribution < 1.29 is 39.0 Å². The van der Waals surface area contributed by atoms with Crippen LogP contribution in [-0.4, -0.2) is 110 Å². The summed E-state index contributed by atoms with van der Waals surface area (Å²) in [5, 5.41) is 33.5. The van der Waals surface area contributed by atoms with Gasteiger partial charge in [0.1, 0.15) is 35.8 Å². The highest BCUT2D eigenvalue weighted by Crippen LogP contribution is 2.40. The number of halogens is 1. The Balaban J connectivity index is 1.32. The zero-order valence-corrected chi connectivity index (χ0v) is 23.0. The molecule has 0 bridgehead atoms. The fourth-order valence-corrected chi connectivity index (χ4v) is 5.73. The van der Waals surface area contributed by atoms with E-state index in [4.69, 9.17) is 35.3 Å². The first kappa shape index (κ1) is 28.7. The van der Waals surface area contributed by atoms with Crippen molar-refractivity contribution in [1.29, 1.82) is 0 Å². The first-order valence-corrected chi connectivity index (χ1v) is 14.0. The van der Waals surface area contributed by atoms with E-state index in [0.29, 0.717) is 50.0 Å². The number of ether oxygens (including phenoxy) is 5. The topological polar surface area (TPSA) is 110 Å². The minimum Gasteiger partial charge on any atom is -0.494 e. The first-order chi connectivity index (χ1) is 18.9. The molecule has 10 heteroatoms. The molecule has 2 aromatic carbocycles. The van der Waals surface area contributed by atoms with Crippen LogP contribution in [-0.2, 0) is 25.4 Å². The van der Waals surface area contributed by atoms with Crippen molar-refractivity contribution in [2.75, 3.05) is 59.3 Å². The molecule has 1 spiro atoms. The average Bonchev–Trinajstić information content (AvgIpc) is 2.94. The maximum atomic E-state index is 11.0. The molecule has 3 aliphatic heterocycles. The van der Waals surface area contributed by atoms with Crippen molar-refractivity contribution in [1.82, 2.24) is 4.90 Å². The summed E-state index contributed by atoms with van der Waals surface area (Å²) in [6.07, 6.45) is -4.54. The van der Waals surface area contributed by atoms with Gasteiger partial charge in [-0.15, -0.1) is 0 Å². The fourth-order valence-electron chi connectivity index (χ4n) is 5.55. The van der Waals surface area contributed by atoms with Crippen LogP contribution >= 0.6 is 11.6 Å². The van der Waals surface area contributed by atoms with Gasteiger partial charge < -0.3 is 39.0 Å². The number of hydrogen-bond donors (Lipinski definition) is 3. The van der Waals surface area contributed by atoms with Crippen LogP contribution in [0.25, 0.3) is 0 Å². The molecule has 9 nitrogen and oxygen atoms in total. The van der Waals surface area contributed by atoms with E-state index in [-0.39, 0.29) is 19.3 Å². The summed E-state index contributed by atoms with van der Waals surface area (Å²) in [4.78, 5) is 2.28. The third kappa shape index (κ3) is 6.43. The molecule has 3 N–H and O–H groups in total. The second kappa shape index (κ2) is 12.8. The lowest BCUT2D eigenvalue weighted by atomic mass is 9.83. The standard InChI is InChI=1S/C29H38ClNO8/c1-2-38-23-6-3-19(4-7-23)13-21-14-20(5-8-24(21)30)27-25(32)26(33)28(34)29(39-27)17-36-15-22(16-37-18-29)31-9-11-35-12-10-31/h3-8,14,22,25-28,32-34H,2,9-13,15-18H2,1H3. The Labute approximate surface area is 234 Å². The van der Waals surface area contributed by atoms with Crippen LogP contribution in [0, 0.1) is 0 Å². The third-order valence-corrected chi connectivity index (χ3v) is 8.16. The molecule has 5 rings (SSSR count). The minimum atomic E-state index is -1.45. The van der Waals surface area contributed by atoms with E-state index in [2.05, 4.69) is 4.90 Å². The molecule has 4 unspecified atom stereocenters. The number of morpholine rings is 1. The van der Waals surface area contributed by atoms with Crippen molar-refractivity contribution in [2.24, 2.45) is 0 Å². The first-order valence-electron chi connectivity index (χ1n) is 13.6. The van der Waals surface area contributed by atoms with Crippen molar-refractivity contribution in [2.45, 2.75) is 49.4 Å². The molecule has 3 aliphatic rings. The molecular weight excluding hydrogens is 526 g/mol. The summed E-state index contributed by atoms with van der Waals surface area (Å²) >= 11 is 6.54. The van der Waals surface area contributed by atoms with Gasteiger partial charge >= 0.3 is 0 Å². The van der Waals surface area contributed by atoms with Crippen LogP contribution < -0.4 is 4.74 Å². The van der Waals surface area contributed by atoms with Crippen LogP contribution in [0.5, 0.6) is 5.75 Å². The van der Waals surface area contributed by atoms with E-state index < -0.39 is 30.0 Å². The number of hydrogen-bond acceptors (Lipinski definition) is 9. The quantitative estimate of drug-likeness (QED) is 0.486. The number of aliphatic hydroxyl groups excluding tert-OH is 3. The Bertz CT molecular complexity index is 1070. The van der Waals surface area contributed by atoms with Gasteiger partial charge in [0, 0.05) is 18.1 Å². The van der Waals surface area contributed by atoms with E-state index in [1.807, 2.05) is 37.3 Å². The van der Waals surface area contributed by atoms with Gasteiger partial charge in [-0.1, -0.05) is 35.9 Å². The summed E-state index contributed by atoms with van der Waals surface area (Å²) in [6.45, 7) is 6.34. The third-order valence-electron chi connectivity index (χ3n) is 7.79. The Morgan fingerprint density at radius 2 is 1.64 bits per heavy atom. The molecule has 3 fully saturated rings. The van der Waals surface area contributed by atoms with E-state index >= 15 is 0 Å². The van der Waals surface area contributed by atoms with E-state index in [1.54, 1.807) is 12.1 Å². The predicted octanol–water partition coefficient (Wildman–Crippen LogP) is 1.97. The molecule has 39 heavy (non-hydrogen) atoms. The highest BCUT2D eigenvalue weighted by atomic mass is 35.5. The summed E-state index contributed by atoms with van der Waals surface area (Å²) in [5.74, 6) is 0.803. The molecule has 214 valence electrons. The zero-order valence-electron chi connectivity index (χ0n) is 22.2. The summed E-state index contributed by atoms with van der Waals surface area (Å²) in [6, 6.07) is 13.3. The maximum Gasteiger partial charge on any atom is 0.144 e. The number of rotatable bonds is 6. The molecule has 0 saturated carbocycles. The molecule has 0 aliphatic carbocycles. The van der Waals surface area contributed by atoms with Gasteiger partial charge in [-0.05, 0) is 48.2 Å². The molecule has 0 aromatic heterocycles. The highest BCUT2D eigenvalue weighted by molar-refractivity contribution is 6.31. The van der Waals surface area contributed by atoms with E-state index in [0.717, 1.165) is 30.0 Å². The molecule has 3 saturated heterocycles. The largest absolute Gasteiger partial charge is 0.494 e. The molecule has 0 amide bonds. The van der Waals surface area contributed by atoms with Crippen LogP contribution in [0.4, 0.5) is 0 Å². The zero-order chi connectivity index (χ0) is 27.4. The van der Waals surface area contributed by atoms with Crippen LogP contribution in [0.2, 0.25) is 5.02 Å². The SMILES string of the molecule is CCOc1ccc(Cc2cc(C3OC4(COCC(N5CCOCC5)COC4)C(O)C(O)C3O)ccc2Cl)cc1. The Kier molecular flexibility index (Phi) is 9.43. The molecule has 2 aromatic rings. The van der Waals surface area contributed by atoms with Crippen LogP contribution in [0.3, 0.4) is 0 Å². The van der Waals surface area contributed by atoms with E-state index in [1.165, 1.54) is 0 Å². The van der Waals surface area contributed by atoms with Gasteiger partial charge in [0.25, 0.3) is 0 Å². The van der Waals surface area contributed by atoms with Crippen molar-refractivity contribution in [3.63, 3.8) is 0 Å². The van der Waals surface area contributed by atoms with Gasteiger partial charge in [-0.3, -0.25) is 4.90 Å². The Morgan fingerprint density at radius 1 is 0.949 bits per heavy atom. The van der Waals surface area contributed by atoms with E-state index in [9.17, 15) is 15.3 Å². The predicted molar refractivity (Wildman–Crippen MR) is 144 cm³/mol. The van der Waals surface area contributed by atoms with Gasteiger partial charge in [0.15, 0.2) is 0 Å². The maximum absolute atomic E-state index is 11.0. The Morgan fingerprint density at radius 3 is 2.31 bits per heavy atom. The average molecular weight is 564 g/mol. The highest BCUT2D eigenvalue weighted by Gasteiger charge is 2.55. The molecule has 3 heterocycles. The number of aliphatic hydroxyl groups is 3. The second-order valence-corrected chi connectivity index (χ2v) is 10.9. The lowest BCUT2D eigenvalue weighted by Crippen LogP contribution is -2.66. The lowest BCUT2D eigenvalue weighted by Gasteiger charge is -2.50. The summed E-state index contributed by atoms with van der Waals surface area (Å²) < 4.78 is 29.5. The number of nitrogens with zero attached hydrogens (tertiary/aromatic N) is 1. The fraction of sp³-hybridized carbons (Fsp3) is 0.586. The van der Waals surface area contributed by atoms with Crippen LogP contribution in [0.15, 0.2) is 42.5 Å². The molecule has 4 atom stereocenters. The minimum absolute atomic E-state index is 0.0158. The number of benzene rings is 2. The van der Waals surface area contributed by atoms with Gasteiger partial charge in [0.2, 0.25) is 0 Å². The Hall–Kier alpha value is -1.79. The van der Waals surface area contributed by atoms with Gasteiger partial charge in [-0.2, -0.15) is 0 Å². The van der Waals surface area contributed by atoms with Crippen LogP contribution in [0.1, 0.15) is 29.7 Å². The van der Waals surface area contributed by atoms with Gasteiger partial charge in [0.05, 0.1) is 52.3 Å². The molecule has 0 radical (unpaired) electrons. The second-order valence-electron chi connectivity index (χ2n) is 10.5. The molecular formula is C29H38ClNO8.